The van der Waals surface area contributed by atoms with E-state index in [1.54, 1.807) is 6.07 Å². The lowest BCUT2D eigenvalue weighted by atomic mass is 9.63. The number of fused-ring (bicyclic) bond motifs is 1. The molecule has 0 spiro atoms. The molecular formula is C27H24Cl3F2N. The van der Waals surface area contributed by atoms with E-state index < -0.39 is 11.6 Å². The van der Waals surface area contributed by atoms with Crippen molar-refractivity contribution in [2.45, 2.75) is 31.2 Å². The average Bonchev–Trinajstić information content (AvgIpc) is 3.19. The largest absolute Gasteiger partial charge is 0.298 e. The Balaban J connectivity index is 1.45. The van der Waals surface area contributed by atoms with Crippen LogP contribution in [0.15, 0.2) is 60.7 Å². The number of likely N-dealkylation sites (tertiary alicyclic amines) is 1. The third-order valence-corrected chi connectivity index (χ3v) is 8.13. The fourth-order valence-corrected chi connectivity index (χ4v) is 6.59. The molecule has 2 fully saturated rings. The van der Waals surface area contributed by atoms with Crippen molar-refractivity contribution in [3.63, 3.8) is 0 Å². The van der Waals surface area contributed by atoms with Crippen LogP contribution in [0.4, 0.5) is 8.78 Å². The molecule has 3 aromatic carbocycles. The molecule has 5 rings (SSSR count). The lowest BCUT2D eigenvalue weighted by Gasteiger charge is -2.41. The van der Waals surface area contributed by atoms with Crippen molar-refractivity contribution < 1.29 is 8.78 Å². The lowest BCUT2D eigenvalue weighted by molar-refractivity contribution is 0.227. The van der Waals surface area contributed by atoms with Crippen LogP contribution in [0.5, 0.6) is 0 Å². The van der Waals surface area contributed by atoms with Crippen LogP contribution >= 0.6 is 34.8 Å². The maximum Gasteiger partial charge on any atom is 0.159 e. The Morgan fingerprint density at radius 1 is 0.788 bits per heavy atom. The van der Waals surface area contributed by atoms with Gasteiger partial charge in [-0.05, 0) is 89.6 Å². The van der Waals surface area contributed by atoms with E-state index in [0.717, 1.165) is 42.1 Å². The van der Waals surface area contributed by atoms with E-state index in [1.807, 2.05) is 24.3 Å². The van der Waals surface area contributed by atoms with Crippen molar-refractivity contribution in [1.29, 1.82) is 0 Å². The zero-order valence-electron chi connectivity index (χ0n) is 18.0. The summed E-state index contributed by atoms with van der Waals surface area (Å²) in [5, 5.41) is 2.07. The molecule has 1 aliphatic heterocycles. The van der Waals surface area contributed by atoms with E-state index in [9.17, 15) is 8.78 Å². The second kappa shape index (κ2) is 9.54. The molecule has 0 bridgehead atoms. The summed E-state index contributed by atoms with van der Waals surface area (Å²) in [6.07, 6.45) is 2.14. The van der Waals surface area contributed by atoms with Gasteiger partial charge in [0.25, 0.3) is 0 Å². The summed E-state index contributed by atoms with van der Waals surface area (Å²) in [5.74, 6) is -0.0600. The predicted molar refractivity (Wildman–Crippen MR) is 131 cm³/mol. The molecule has 0 radical (unpaired) electrons. The molecule has 1 saturated heterocycles. The first-order valence-corrected chi connectivity index (χ1v) is 12.4. The van der Waals surface area contributed by atoms with E-state index in [0.29, 0.717) is 28.4 Å². The van der Waals surface area contributed by atoms with Gasteiger partial charge in [-0.25, -0.2) is 8.78 Å². The number of hydrogen-bond acceptors (Lipinski definition) is 1. The molecule has 4 atom stereocenters. The van der Waals surface area contributed by atoms with Gasteiger partial charge in [-0.3, -0.25) is 4.90 Å². The quantitative estimate of drug-likeness (QED) is 0.344. The van der Waals surface area contributed by atoms with Crippen LogP contribution in [0.2, 0.25) is 15.1 Å². The maximum atomic E-state index is 13.7. The third kappa shape index (κ3) is 4.79. The molecule has 0 aromatic heterocycles. The fourth-order valence-electron chi connectivity index (χ4n) is 5.91. The Bertz CT molecular complexity index is 1150. The molecular weight excluding hydrogens is 483 g/mol. The summed E-state index contributed by atoms with van der Waals surface area (Å²) in [6.45, 7) is 2.47. The summed E-state index contributed by atoms with van der Waals surface area (Å²) in [5.41, 5.74) is 3.20. The summed E-state index contributed by atoms with van der Waals surface area (Å²) in [7, 11) is 0. The number of hydrogen-bond donors (Lipinski definition) is 0. The van der Waals surface area contributed by atoms with E-state index in [4.69, 9.17) is 34.8 Å². The molecule has 0 unspecified atom stereocenters. The monoisotopic (exact) mass is 505 g/mol. The number of rotatable bonds is 4. The van der Waals surface area contributed by atoms with Gasteiger partial charge >= 0.3 is 0 Å². The molecule has 0 amide bonds. The second-order valence-electron chi connectivity index (χ2n) is 9.29. The Kier molecular flexibility index (Phi) is 6.68. The predicted octanol–water partition coefficient (Wildman–Crippen LogP) is 8.33. The van der Waals surface area contributed by atoms with Crippen LogP contribution in [-0.4, -0.2) is 18.0 Å². The van der Waals surface area contributed by atoms with Crippen molar-refractivity contribution in [3.8, 4) is 0 Å². The van der Waals surface area contributed by atoms with Crippen molar-refractivity contribution in [3.05, 3.63) is 104 Å². The van der Waals surface area contributed by atoms with Crippen LogP contribution in [0, 0.1) is 23.5 Å². The van der Waals surface area contributed by atoms with Crippen molar-refractivity contribution in [1.82, 2.24) is 4.90 Å². The zero-order chi connectivity index (χ0) is 23.1. The average molecular weight is 507 g/mol. The third-order valence-electron chi connectivity index (χ3n) is 7.32. The van der Waals surface area contributed by atoms with Gasteiger partial charge in [0, 0.05) is 34.7 Å². The summed E-state index contributed by atoms with van der Waals surface area (Å²) in [4.78, 5) is 2.37. The summed E-state index contributed by atoms with van der Waals surface area (Å²) >= 11 is 19.0. The molecule has 3 aromatic rings. The van der Waals surface area contributed by atoms with Gasteiger partial charge in [0.1, 0.15) is 0 Å². The minimum atomic E-state index is -0.806. The SMILES string of the molecule is Fc1ccc(CN2C[C@@H]3CC[C@@H](c4ccc(Cl)cc4Cl)[C@H](c4ccc(Cl)cc4)[C@@H]3C2)cc1F. The van der Waals surface area contributed by atoms with Crippen molar-refractivity contribution >= 4 is 34.8 Å². The van der Waals surface area contributed by atoms with E-state index in [2.05, 4.69) is 23.1 Å². The van der Waals surface area contributed by atoms with Crippen LogP contribution < -0.4 is 0 Å². The van der Waals surface area contributed by atoms with Gasteiger partial charge in [0.2, 0.25) is 0 Å². The highest BCUT2D eigenvalue weighted by Gasteiger charge is 2.45. The summed E-state index contributed by atoms with van der Waals surface area (Å²) < 4.78 is 27.1. The molecule has 0 N–H and O–H groups in total. The molecule has 6 heteroatoms. The Morgan fingerprint density at radius 3 is 2.27 bits per heavy atom. The second-order valence-corrected chi connectivity index (χ2v) is 10.6. The molecule has 1 aliphatic carbocycles. The number of benzene rings is 3. The van der Waals surface area contributed by atoms with Crippen LogP contribution in [0.25, 0.3) is 0 Å². The highest BCUT2D eigenvalue weighted by Crippen LogP contribution is 2.53. The van der Waals surface area contributed by atoms with Gasteiger partial charge in [0.05, 0.1) is 0 Å². The molecule has 172 valence electrons. The minimum absolute atomic E-state index is 0.278. The summed E-state index contributed by atoms with van der Waals surface area (Å²) in [6, 6.07) is 18.2. The van der Waals surface area contributed by atoms with Gasteiger partial charge in [-0.2, -0.15) is 0 Å². The smallest absolute Gasteiger partial charge is 0.159 e. The first kappa shape index (κ1) is 23.1. The number of halogens is 5. The molecule has 1 heterocycles. The fraction of sp³-hybridized carbons (Fsp3) is 0.333. The highest BCUT2D eigenvalue weighted by atomic mass is 35.5. The van der Waals surface area contributed by atoms with Gasteiger partial charge < -0.3 is 0 Å². The zero-order valence-corrected chi connectivity index (χ0v) is 20.2. The van der Waals surface area contributed by atoms with Crippen LogP contribution in [-0.2, 0) is 6.54 Å². The number of nitrogens with zero attached hydrogens (tertiary/aromatic N) is 1. The Labute approximate surface area is 208 Å². The van der Waals surface area contributed by atoms with Gasteiger partial charge in [-0.1, -0.05) is 59.1 Å². The van der Waals surface area contributed by atoms with Crippen LogP contribution in [0.3, 0.4) is 0 Å². The Hall–Kier alpha value is -1.65. The maximum absolute atomic E-state index is 13.7. The van der Waals surface area contributed by atoms with Crippen molar-refractivity contribution in [2.75, 3.05) is 13.1 Å². The van der Waals surface area contributed by atoms with Crippen LogP contribution in [0.1, 0.15) is 41.4 Å². The van der Waals surface area contributed by atoms with E-state index in [-0.39, 0.29) is 11.8 Å². The molecule has 1 nitrogen and oxygen atoms in total. The normalized spacial score (nSPS) is 25.2. The first-order valence-electron chi connectivity index (χ1n) is 11.3. The topological polar surface area (TPSA) is 3.24 Å². The molecule has 2 aliphatic rings. The first-order chi connectivity index (χ1) is 15.9. The highest BCUT2D eigenvalue weighted by molar-refractivity contribution is 6.35. The standard InChI is InChI=1S/C27H24Cl3F2N/c28-19-5-2-17(3-6-19)27-22(21-9-7-20(29)12-24(21)30)8-4-18-14-33(15-23(18)27)13-16-1-10-25(31)26(32)11-16/h1-3,5-7,9-12,18,22-23,27H,4,8,13-15H2/t18-,22-,23+,27-/m0/s1. The van der Waals surface area contributed by atoms with Crippen molar-refractivity contribution in [2.24, 2.45) is 11.8 Å². The van der Waals surface area contributed by atoms with Gasteiger partial charge in [0.15, 0.2) is 11.6 Å². The van der Waals surface area contributed by atoms with E-state index in [1.165, 1.54) is 17.7 Å². The Morgan fingerprint density at radius 2 is 1.55 bits per heavy atom. The van der Waals surface area contributed by atoms with E-state index >= 15 is 0 Å². The minimum Gasteiger partial charge on any atom is -0.298 e. The van der Waals surface area contributed by atoms with Gasteiger partial charge in [-0.15, -0.1) is 0 Å². The molecule has 1 saturated carbocycles. The lowest BCUT2D eigenvalue weighted by Crippen LogP contribution is -2.31. The molecule has 33 heavy (non-hydrogen) atoms.